The number of carbonyl (C=O) groups excluding carboxylic acids is 1. The van der Waals surface area contributed by atoms with E-state index in [0.29, 0.717) is 11.8 Å². The van der Waals surface area contributed by atoms with Crippen molar-refractivity contribution in [1.29, 1.82) is 0 Å². The first-order valence-corrected chi connectivity index (χ1v) is 5.38. The van der Waals surface area contributed by atoms with Crippen LogP contribution >= 0.6 is 0 Å². The molecule has 0 aromatic carbocycles. The lowest BCUT2D eigenvalue weighted by molar-refractivity contribution is -0.122. The Morgan fingerprint density at radius 2 is 2.00 bits per heavy atom. The van der Waals surface area contributed by atoms with Crippen LogP contribution in [0.5, 0.6) is 0 Å². The van der Waals surface area contributed by atoms with E-state index in [1.54, 1.807) is 0 Å². The number of piperidine rings is 1. The highest BCUT2D eigenvalue weighted by Gasteiger charge is 2.56. The van der Waals surface area contributed by atoms with Gasteiger partial charge in [0, 0.05) is 5.92 Å². The normalized spacial score (nSPS) is 32.3. The van der Waals surface area contributed by atoms with Gasteiger partial charge in [-0.05, 0) is 31.1 Å². The molecule has 3 nitrogen and oxygen atoms in total. The summed E-state index contributed by atoms with van der Waals surface area (Å²) in [5.74, 6) is 1.63. The van der Waals surface area contributed by atoms with Crippen LogP contribution in [-0.4, -0.2) is 19.0 Å². The molecule has 80 valence electrons. The Bertz CT molecular complexity index is 205. The zero-order valence-corrected chi connectivity index (χ0v) is 9.05. The lowest BCUT2D eigenvalue weighted by Crippen LogP contribution is -2.25. The third-order valence-corrected chi connectivity index (χ3v) is 2.64. The van der Waals surface area contributed by atoms with Gasteiger partial charge in [0.05, 0.1) is 0 Å². The lowest BCUT2D eigenvalue weighted by atomic mass is 10.2. The maximum Gasteiger partial charge on any atom is 0.227 e. The highest BCUT2D eigenvalue weighted by atomic mass is 16.2. The van der Waals surface area contributed by atoms with E-state index in [1.807, 2.05) is 0 Å². The largest absolute Gasteiger partial charge is 0.333 e. The molecule has 2 atom stereocenters. The van der Waals surface area contributed by atoms with Crippen molar-refractivity contribution in [2.75, 3.05) is 13.1 Å². The molecule has 2 unspecified atom stereocenters. The molecule has 2 rings (SSSR count). The maximum atomic E-state index is 11.2. The van der Waals surface area contributed by atoms with E-state index < -0.39 is 0 Å². The Morgan fingerprint density at radius 1 is 1.50 bits per heavy atom. The topological polar surface area (TPSA) is 41.1 Å². The molecule has 2 fully saturated rings. The van der Waals surface area contributed by atoms with Crippen molar-refractivity contribution in [1.82, 2.24) is 10.6 Å². The fraction of sp³-hybridized carbons (Fsp3) is 0.727. The van der Waals surface area contributed by atoms with Crippen LogP contribution in [0.15, 0.2) is 12.8 Å². The molecule has 1 heterocycles. The van der Waals surface area contributed by atoms with Crippen LogP contribution in [-0.2, 0) is 4.79 Å². The van der Waals surface area contributed by atoms with E-state index in [0.717, 1.165) is 13.1 Å². The number of nitrogens with one attached hydrogen (secondary N) is 2. The summed E-state index contributed by atoms with van der Waals surface area (Å²) in [6, 6.07) is 0. The van der Waals surface area contributed by atoms with Gasteiger partial charge < -0.3 is 10.6 Å². The summed E-state index contributed by atoms with van der Waals surface area (Å²) in [6.07, 6.45) is 2.71. The summed E-state index contributed by atoms with van der Waals surface area (Å²) in [7, 11) is 0. The summed E-state index contributed by atoms with van der Waals surface area (Å²) in [6.45, 7) is 9.73. The van der Waals surface area contributed by atoms with Gasteiger partial charge >= 0.3 is 0 Å². The number of rotatable bonds is 2. The van der Waals surface area contributed by atoms with Crippen molar-refractivity contribution in [3.8, 4) is 0 Å². The van der Waals surface area contributed by atoms with E-state index >= 15 is 0 Å². The number of hydrogen-bond acceptors (Lipinski definition) is 2. The molecule has 1 aliphatic heterocycles. The van der Waals surface area contributed by atoms with Crippen LogP contribution in [0.3, 0.4) is 0 Å². The molecule has 1 aliphatic carbocycles. The molecule has 1 amide bonds. The zero-order chi connectivity index (χ0) is 10.6. The Balaban J connectivity index is 0.000000293. The van der Waals surface area contributed by atoms with Crippen molar-refractivity contribution in [2.45, 2.75) is 20.3 Å². The Kier molecular flexibility index (Phi) is 4.14. The Labute approximate surface area is 86.0 Å². The first-order valence-electron chi connectivity index (χ1n) is 5.38. The van der Waals surface area contributed by atoms with Crippen LogP contribution in [0.25, 0.3) is 0 Å². The first-order chi connectivity index (χ1) is 6.76. The molecule has 2 N–H and O–H groups in total. The summed E-state index contributed by atoms with van der Waals surface area (Å²) < 4.78 is 0. The molecule has 14 heavy (non-hydrogen) atoms. The summed E-state index contributed by atoms with van der Waals surface area (Å²) in [5.41, 5.74) is 0. The number of hydrogen-bond donors (Lipinski definition) is 2. The van der Waals surface area contributed by atoms with Gasteiger partial charge in [-0.15, -0.1) is 0 Å². The van der Waals surface area contributed by atoms with E-state index in [1.165, 1.54) is 12.6 Å². The zero-order valence-electron chi connectivity index (χ0n) is 9.05. The number of amides is 1. The second-order valence-corrected chi connectivity index (χ2v) is 3.93. The molecule has 0 radical (unpaired) electrons. The van der Waals surface area contributed by atoms with Crippen LogP contribution in [0.1, 0.15) is 20.3 Å². The molecule has 0 aromatic heterocycles. The lowest BCUT2D eigenvalue weighted by Gasteiger charge is -2.01. The van der Waals surface area contributed by atoms with Crippen LogP contribution in [0, 0.1) is 17.8 Å². The van der Waals surface area contributed by atoms with Crippen molar-refractivity contribution in [3.63, 3.8) is 0 Å². The van der Waals surface area contributed by atoms with Gasteiger partial charge in [0.25, 0.3) is 0 Å². The molecule has 0 spiro atoms. The SMILES string of the molecule is C=CNC(=O)C1C2CNCC21.CCC. The van der Waals surface area contributed by atoms with Gasteiger partial charge in [0.2, 0.25) is 5.91 Å². The van der Waals surface area contributed by atoms with E-state index in [9.17, 15) is 4.79 Å². The highest BCUT2D eigenvalue weighted by Crippen LogP contribution is 2.48. The number of carbonyl (C=O) groups is 1. The molecule has 1 saturated carbocycles. The standard InChI is InChI=1S/C8H12N2O.C3H8/c1-2-10-8(11)7-5-3-9-4-6(5)7;1-3-2/h2,5-7,9H,1,3-4H2,(H,10,11);3H2,1-2H3. The Hall–Kier alpha value is -0.830. The smallest absolute Gasteiger partial charge is 0.227 e. The van der Waals surface area contributed by atoms with E-state index in [2.05, 4.69) is 31.1 Å². The quantitative estimate of drug-likeness (QED) is 0.695. The predicted molar refractivity (Wildman–Crippen MR) is 57.6 cm³/mol. The summed E-state index contributed by atoms with van der Waals surface area (Å²) in [5, 5.41) is 5.88. The maximum absolute atomic E-state index is 11.2. The van der Waals surface area contributed by atoms with Crippen molar-refractivity contribution in [3.05, 3.63) is 12.8 Å². The van der Waals surface area contributed by atoms with Gasteiger partial charge in [0.1, 0.15) is 0 Å². The highest BCUT2D eigenvalue weighted by molar-refractivity contribution is 5.83. The van der Waals surface area contributed by atoms with Crippen LogP contribution in [0.4, 0.5) is 0 Å². The average molecular weight is 196 g/mol. The molecule has 3 heteroatoms. The van der Waals surface area contributed by atoms with Crippen LogP contribution < -0.4 is 10.6 Å². The third kappa shape index (κ3) is 2.35. The Morgan fingerprint density at radius 3 is 2.43 bits per heavy atom. The molecule has 0 aromatic rings. The average Bonchev–Trinajstić information content (AvgIpc) is 2.63. The number of fused-ring (bicyclic) bond motifs is 1. The van der Waals surface area contributed by atoms with Gasteiger partial charge in [-0.25, -0.2) is 0 Å². The minimum absolute atomic E-state index is 0.150. The fourth-order valence-electron chi connectivity index (χ4n) is 2.00. The first kappa shape index (κ1) is 11.2. The minimum atomic E-state index is 0.150. The predicted octanol–water partition coefficient (Wildman–Crippen LogP) is 1.13. The monoisotopic (exact) mass is 196 g/mol. The second kappa shape index (κ2) is 5.15. The van der Waals surface area contributed by atoms with E-state index in [4.69, 9.17) is 0 Å². The molecular weight excluding hydrogens is 176 g/mol. The summed E-state index contributed by atoms with van der Waals surface area (Å²) >= 11 is 0. The van der Waals surface area contributed by atoms with Gasteiger partial charge in [-0.3, -0.25) is 4.79 Å². The van der Waals surface area contributed by atoms with Crippen molar-refractivity contribution < 1.29 is 4.79 Å². The van der Waals surface area contributed by atoms with E-state index in [-0.39, 0.29) is 11.8 Å². The molecule has 0 bridgehead atoms. The third-order valence-electron chi connectivity index (χ3n) is 2.64. The van der Waals surface area contributed by atoms with Crippen molar-refractivity contribution >= 4 is 5.91 Å². The summed E-state index contributed by atoms with van der Waals surface area (Å²) in [4.78, 5) is 11.2. The fourth-order valence-corrected chi connectivity index (χ4v) is 2.00. The molecular formula is C11H20N2O. The molecule has 1 saturated heterocycles. The van der Waals surface area contributed by atoms with Gasteiger partial charge in [-0.2, -0.15) is 0 Å². The second-order valence-electron chi connectivity index (χ2n) is 3.93. The van der Waals surface area contributed by atoms with Gasteiger partial charge in [0.15, 0.2) is 0 Å². The van der Waals surface area contributed by atoms with Crippen molar-refractivity contribution in [2.24, 2.45) is 17.8 Å². The van der Waals surface area contributed by atoms with Crippen LogP contribution in [0.2, 0.25) is 0 Å². The minimum Gasteiger partial charge on any atom is -0.333 e. The molecule has 2 aliphatic rings. The van der Waals surface area contributed by atoms with Gasteiger partial charge in [-0.1, -0.05) is 26.8 Å².